The molecule has 18 heavy (non-hydrogen) atoms. The summed E-state index contributed by atoms with van der Waals surface area (Å²) in [6.45, 7) is 7.29. The van der Waals surface area contributed by atoms with E-state index in [4.69, 9.17) is 5.11 Å². The molecule has 0 bridgehead atoms. The molecule has 0 saturated carbocycles. The van der Waals surface area contributed by atoms with E-state index in [0.29, 0.717) is 11.4 Å². The zero-order valence-corrected chi connectivity index (χ0v) is 11.1. The predicted molar refractivity (Wildman–Crippen MR) is 68.4 cm³/mol. The van der Waals surface area contributed by atoms with E-state index in [1.807, 2.05) is 27.7 Å². The molecule has 1 heterocycles. The molecular weight excluding hydrogens is 230 g/mol. The maximum atomic E-state index is 11.0. The van der Waals surface area contributed by atoms with Gasteiger partial charge < -0.3 is 10.0 Å². The molecule has 0 aromatic carbocycles. The number of aryl methyl sites for hydroxylation is 1. The Bertz CT molecular complexity index is 498. The molecule has 0 aliphatic heterocycles. The van der Waals surface area contributed by atoms with Gasteiger partial charge in [0.15, 0.2) is 0 Å². The molecule has 1 rings (SSSR count). The molecule has 5 heteroatoms. The molecule has 0 amide bonds. The van der Waals surface area contributed by atoms with Crippen LogP contribution in [-0.4, -0.2) is 28.1 Å². The normalized spacial score (nSPS) is 10.8. The van der Waals surface area contributed by atoms with E-state index in [0.717, 1.165) is 5.56 Å². The molecule has 96 valence electrons. The van der Waals surface area contributed by atoms with Gasteiger partial charge in [-0.25, -0.2) is 4.98 Å². The highest BCUT2D eigenvalue weighted by atomic mass is 16.4. The second-order valence-electron chi connectivity index (χ2n) is 5.09. The Labute approximate surface area is 107 Å². The average molecular weight is 247 g/mol. The van der Waals surface area contributed by atoms with Crippen molar-refractivity contribution in [1.82, 2.24) is 4.98 Å². The molecular formula is C13H17N3O2. The molecule has 0 fully saturated rings. The fourth-order valence-electron chi connectivity index (χ4n) is 1.65. The molecule has 5 nitrogen and oxygen atoms in total. The summed E-state index contributed by atoms with van der Waals surface area (Å²) in [5.41, 5.74) is 0.793. The third kappa shape index (κ3) is 2.98. The first-order valence-electron chi connectivity index (χ1n) is 5.62. The standard InChI is InChI=1S/C13H17N3O2/c1-9-5-6-15-12(10(9)7-14)16(8-11(17)18)13(2,3)4/h5-6H,8H2,1-4H3,(H,17,18). The van der Waals surface area contributed by atoms with E-state index in [2.05, 4.69) is 11.1 Å². The minimum absolute atomic E-state index is 0.186. The number of hydrogen-bond donors (Lipinski definition) is 1. The summed E-state index contributed by atoms with van der Waals surface area (Å²) in [5.74, 6) is -0.524. The number of carboxylic acid groups (broad SMARTS) is 1. The number of aliphatic carboxylic acids is 1. The smallest absolute Gasteiger partial charge is 0.323 e. The maximum Gasteiger partial charge on any atom is 0.323 e. The van der Waals surface area contributed by atoms with Gasteiger partial charge >= 0.3 is 5.97 Å². The molecule has 1 aromatic heterocycles. The van der Waals surface area contributed by atoms with Gasteiger partial charge in [-0.2, -0.15) is 5.26 Å². The van der Waals surface area contributed by atoms with E-state index in [1.54, 1.807) is 17.2 Å². The van der Waals surface area contributed by atoms with Gasteiger partial charge in [0.1, 0.15) is 18.4 Å². The Morgan fingerprint density at radius 2 is 2.17 bits per heavy atom. The summed E-state index contributed by atoms with van der Waals surface area (Å²) < 4.78 is 0. The largest absolute Gasteiger partial charge is 0.480 e. The van der Waals surface area contributed by atoms with Crippen LogP contribution in [0.15, 0.2) is 12.3 Å². The van der Waals surface area contributed by atoms with E-state index in [-0.39, 0.29) is 6.54 Å². The van der Waals surface area contributed by atoms with E-state index < -0.39 is 11.5 Å². The van der Waals surface area contributed by atoms with Crippen molar-refractivity contribution in [1.29, 1.82) is 5.26 Å². The second kappa shape index (κ2) is 5.05. The summed E-state index contributed by atoms with van der Waals surface area (Å²) in [5, 5.41) is 18.2. The minimum atomic E-state index is -0.947. The molecule has 0 aliphatic rings. The van der Waals surface area contributed by atoms with Crippen LogP contribution in [0.1, 0.15) is 31.9 Å². The second-order valence-corrected chi connectivity index (χ2v) is 5.09. The lowest BCUT2D eigenvalue weighted by molar-refractivity contribution is -0.135. The monoisotopic (exact) mass is 247 g/mol. The first-order chi connectivity index (χ1) is 8.27. The van der Waals surface area contributed by atoms with Crippen molar-refractivity contribution in [2.75, 3.05) is 11.4 Å². The van der Waals surface area contributed by atoms with Crippen LogP contribution in [0.5, 0.6) is 0 Å². The Hall–Kier alpha value is -2.09. The molecule has 0 aliphatic carbocycles. The average Bonchev–Trinajstić information content (AvgIpc) is 2.24. The quantitative estimate of drug-likeness (QED) is 0.883. The zero-order valence-electron chi connectivity index (χ0n) is 11.1. The lowest BCUT2D eigenvalue weighted by atomic mass is 10.0. The number of aromatic nitrogens is 1. The van der Waals surface area contributed by atoms with Crippen LogP contribution < -0.4 is 4.90 Å². The van der Waals surface area contributed by atoms with Crippen molar-refractivity contribution in [3.8, 4) is 6.07 Å². The number of anilines is 1. The highest BCUT2D eigenvalue weighted by Crippen LogP contribution is 2.26. The van der Waals surface area contributed by atoms with Crippen molar-refractivity contribution in [2.24, 2.45) is 0 Å². The van der Waals surface area contributed by atoms with Crippen LogP contribution in [-0.2, 0) is 4.79 Å². The fourth-order valence-corrected chi connectivity index (χ4v) is 1.65. The highest BCUT2D eigenvalue weighted by Gasteiger charge is 2.27. The topological polar surface area (TPSA) is 77.2 Å². The third-order valence-electron chi connectivity index (χ3n) is 2.61. The number of hydrogen-bond acceptors (Lipinski definition) is 4. The predicted octanol–water partition coefficient (Wildman–Crippen LogP) is 1.95. The molecule has 1 N–H and O–H groups in total. The van der Waals surface area contributed by atoms with Crippen molar-refractivity contribution < 1.29 is 9.90 Å². The number of rotatable bonds is 3. The zero-order chi connectivity index (χ0) is 13.9. The van der Waals surface area contributed by atoms with Crippen LogP contribution in [0.4, 0.5) is 5.82 Å². The summed E-state index contributed by atoms with van der Waals surface area (Å²) >= 11 is 0. The van der Waals surface area contributed by atoms with Gasteiger partial charge in [-0.1, -0.05) is 0 Å². The van der Waals surface area contributed by atoms with Crippen LogP contribution in [0.25, 0.3) is 0 Å². The minimum Gasteiger partial charge on any atom is -0.480 e. The van der Waals surface area contributed by atoms with Crippen molar-refractivity contribution in [3.63, 3.8) is 0 Å². The van der Waals surface area contributed by atoms with Gasteiger partial charge in [-0.3, -0.25) is 4.79 Å². The highest BCUT2D eigenvalue weighted by molar-refractivity contribution is 5.75. The van der Waals surface area contributed by atoms with Crippen LogP contribution >= 0.6 is 0 Å². The number of pyridine rings is 1. The number of nitrogens with zero attached hydrogens (tertiary/aromatic N) is 3. The number of carbonyl (C=O) groups is 1. The lowest BCUT2D eigenvalue weighted by Crippen LogP contribution is -2.45. The van der Waals surface area contributed by atoms with Crippen LogP contribution in [0.2, 0.25) is 0 Å². The van der Waals surface area contributed by atoms with Crippen LogP contribution in [0, 0.1) is 18.3 Å². The van der Waals surface area contributed by atoms with Gasteiger partial charge in [-0.15, -0.1) is 0 Å². The Morgan fingerprint density at radius 3 is 2.61 bits per heavy atom. The molecule has 1 aromatic rings. The summed E-state index contributed by atoms with van der Waals surface area (Å²) in [6.07, 6.45) is 1.59. The third-order valence-corrected chi connectivity index (χ3v) is 2.61. The summed E-state index contributed by atoms with van der Waals surface area (Å²) in [6, 6.07) is 3.83. The van der Waals surface area contributed by atoms with E-state index in [1.165, 1.54) is 0 Å². The molecule has 0 saturated heterocycles. The maximum absolute atomic E-state index is 11.0. The Kier molecular flexibility index (Phi) is 3.92. The first kappa shape index (κ1) is 14.0. The van der Waals surface area contributed by atoms with E-state index in [9.17, 15) is 10.1 Å². The van der Waals surface area contributed by atoms with Crippen molar-refractivity contribution in [3.05, 3.63) is 23.4 Å². The SMILES string of the molecule is Cc1ccnc(N(CC(=O)O)C(C)(C)C)c1C#N. The van der Waals surface area contributed by atoms with Gasteiger partial charge in [0.05, 0.1) is 5.56 Å². The fraction of sp³-hybridized carbons (Fsp3) is 0.462. The number of nitriles is 1. The molecule has 0 atom stereocenters. The Morgan fingerprint density at radius 1 is 1.56 bits per heavy atom. The van der Waals surface area contributed by atoms with E-state index >= 15 is 0 Å². The first-order valence-corrected chi connectivity index (χ1v) is 5.62. The summed E-state index contributed by atoms with van der Waals surface area (Å²) in [7, 11) is 0. The van der Waals surface area contributed by atoms with Gasteiger partial charge in [-0.05, 0) is 39.3 Å². The van der Waals surface area contributed by atoms with Crippen LogP contribution in [0.3, 0.4) is 0 Å². The van der Waals surface area contributed by atoms with Gasteiger partial charge in [0, 0.05) is 11.7 Å². The molecule has 0 unspecified atom stereocenters. The molecule has 0 radical (unpaired) electrons. The Balaban J connectivity index is 3.35. The van der Waals surface area contributed by atoms with Crippen molar-refractivity contribution in [2.45, 2.75) is 33.2 Å². The van der Waals surface area contributed by atoms with Gasteiger partial charge in [0.2, 0.25) is 0 Å². The van der Waals surface area contributed by atoms with Gasteiger partial charge in [0.25, 0.3) is 0 Å². The molecule has 0 spiro atoms. The summed E-state index contributed by atoms with van der Waals surface area (Å²) in [4.78, 5) is 16.8. The van der Waals surface area contributed by atoms with Crippen molar-refractivity contribution >= 4 is 11.8 Å². The number of carboxylic acids is 1. The lowest BCUT2D eigenvalue weighted by Gasteiger charge is -2.36.